The predicted octanol–water partition coefficient (Wildman–Crippen LogP) is 2.47. The number of hydrogen-bond donors (Lipinski definition) is 0. The van der Waals surface area contributed by atoms with Crippen LogP contribution in [-0.2, 0) is 0 Å². The molecular formula is C19H13NO5. The number of amides is 2. The van der Waals surface area contributed by atoms with E-state index >= 15 is 0 Å². The van der Waals surface area contributed by atoms with Gasteiger partial charge in [-0.1, -0.05) is 12.1 Å². The molecule has 0 saturated heterocycles. The van der Waals surface area contributed by atoms with E-state index in [0.717, 1.165) is 5.39 Å². The summed E-state index contributed by atoms with van der Waals surface area (Å²) < 4.78 is 10.7. The summed E-state index contributed by atoms with van der Waals surface area (Å²) in [5.74, 6) is -0.124. The van der Waals surface area contributed by atoms with Crippen LogP contribution in [0.25, 0.3) is 11.0 Å². The van der Waals surface area contributed by atoms with Gasteiger partial charge in [0.2, 0.25) is 0 Å². The zero-order chi connectivity index (χ0) is 17.4. The normalized spacial score (nSPS) is 13.4. The Morgan fingerprint density at radius 3 is 2.28 bits per heavy atom. The summed E-state index contributed by atoms with van der Waals surface area (Å²) in [7, 11) is 0. The highest BCUT2D eigenvalue weighted by Crippen LogP contribution is 2.23. The number of rotatable bonds is 4. The average Bonchev–Trinajstić information content (AvgIpc) is 2.86. The lowest BCUT2D eigenvalue weighted by Crippen LogP contribution is -2.33. The van der Waals surface area contributed by atoms with Gasteiger partial charge in [-0.15, -0.1) is 0 Å². The zero-order valence-electron chi connectivity index (χ0n) is 13.1. The van der Waals surface area contributed by atoms with Crippen molar-refractivity contribution in [3.63, 3.8) is 0 Å². The molecule has 124 valence electrons. The number of carbonyl (C=O) groups is 2. The molecule has 6 heteroatoms. The van der Waals surface area contributed by atoms with Crippen LogP contribution in [0.15, 0.2) is 63.8 Å². The molecule has 1 aliphatic heterocycles. The number of hydrogen-bond acceptors (Lipinski definition) is 5. The molecule has 6 nitrogen and oxygen atoms in total. The van der Waals surface area contributed by atoms with E-state index in [1.54, 1.807) is 48.5 Å². The van der Waals surface area contributed by atoms with Gasteiger partial charge in [-0.25, -0.2) is 4.79 Å². The van der Waals surface area contributed by atoms with Crippen molar-refractivity contribution in [1.29, 1.82) is 0 Å². The van der Waals surface area contributed by atoms with Gasteiger partial charge >= 0.3 is 5.63 Å². The minimum absolute atomic E-state index is 0.142. The zero-order valence-corrected chi connectivity index (χ0v) is 13.1. The summed E-state index contributed by atoms with van der Waals surface area (Å²) in [5, 5.41) is 0.785. The molecule has 0 atom stereocenters. The first-order valence-electron chi connectivity index (χ1n) is 7.75. The highest BCUT2D eigenvalue weighted by Gasteiger charge is 2.34. The topological polar surface area (TPSA) is 76.8 Å². The molecule has 2 amide bonds. The maximum absolute atomic E-state index is 12.3. The highest BCUT2D eigenvalue weighted by molar-refractivity contribution is 6.21. The van der Waals surface area contributed by atoms with E-state index in [1.165, 1.54) is 11.0 Å². The molecule has 0 saturated carbocycles. The van der Waals surface area contributed by atoms with E-state index in [2.05, 4.69) is 0 Å². The molecule has 4 rings (SSSR count). The van der Waals surface area contributed by atoms with Crippen molar-refractivity contribution in [3.8, 4) is 5.75 Å². The number of benzene rings is 2. The van der Waals surface area contributed by atoms with Crippen molar-refractivity contribution in [2.45, 2.75) is 0 Å². The van der Waals surface area contributed by atoms with Crippen molar-refractivity contribution in [1.82, 2.24) is 4.90 Å². The Morgan fingerprint density at radius 2 is 1.56 bits per heavy atom. The van der Waals surface area contributed by atoms with E-state index in [9.17, 15) is 14.4 Å². The minimum atomic E-state index is -0.435. The lowest BCUT2D eigenvalue weighted by atomic mass is 10.1. The van der Waals surface area contributed by atoms with Crippen LogP contribution < -0.4 is 10.4 Å². The fourth-order valence-electron chi connectivity index (χ4n) is 2.83. The monoisotopic (exact) mass is 335 g/mol. The minimum Gasteiger partial charge on any atom is -0.492 e. The molecule has 0 unspecified atom stereocenters. The van der Waals surface area contributed by atoms with Crippen LogP contribution in [0.3, 0.4) is 0 Å². The number of imide groups is 1. The largest absolute Gasteiger partial charge is 0.492 e. The number of ether oxygens (including phenoxy) is 1. The Morgan fingerprint density at radius 1 is 0.880 bits per heavy atom. The van der Waals surface area contributed by atoms with Crippen LogP contribution in [-0.4, -0.2) is 29.9 Å². The number of fused-ring (bicyclic) bond motifs is 2. The average molecular weight is 335 g/mol. The van der Waals surface area contributed by atoms with Gasteiger partial charge < -0.3 is 9.15 Å². The molecule has 0 aliphatic carbocycles. The van der Waals surface area contributed by atoms with E-state index in [1.807, 2.05) is 0 Å². The Kier molecular flexibility index (Phi) is 3.57. The van der Waals surface area contributed by atoms with Crippen molar-refractivity contribution in [2.75, 3.05) is 13.2 Å². The van der Waals surface area contributed by atoms with Crippen molar-refractivity contribution < 1.29 is 18.7 Å². The van der Waals surface area contributed by atoms with Crippen molar-refractivity contribution in [3.05, 3.63) is 76.1 Å². The third-order valence-corrected chi connectivity index (χ3v) is 4.06. The second kappa shape index (κ2) is 5.90. The van der Waals surface area contributed by atoms with Gasteiger partial charge in [0.05, 0.1) is 17.7 Å². The number of carbonyl (C=O) groups excluding carboxylic acids is 2. The SMILES string of the molecule is O=C1c2ccccc2C(=O)N1CCOc1ccc2ccc(=O)oc2c1. The third-order valence-electron chi connectivity index (χ3n) is 4.06. The lowest BCUT2D eigenvalue weighted by molar-refractivity contribution is 0.0631. The van der Waals surface area contributed by atoms with E-state index in [4.69, 9.17) is 9.15 Å². The first kappa shape index (κ1) is 15.1. The molecule has 2 heterocycles. The Bertz CT molecular complexity index is 1020. The summed E-state index contributed by atoms with van der Waals surface area (Å²) >= 11 is 0. The van der Waals surface area contributed by atoms with Crippen LogP contribution in [0, 0.1) is 0 Å². The van der Waals surface area contributed by atoms with Crippen LogP contribution in [0.2, 0.25) is 0 Å². The second-order valence-electron chi connectivity index (χ2n) is 5.61. The van der Waals surface area contributed by atoms with Crippen LogP contribution >= 0.6 is 0 Å². The van der Waals surface area contributed by atoms with Crippen LogP contribution in [0.4, 0.5) is 0 Å². The molecule has 0 bridgehead atoms. The molecule has 25 heavy (non-hydrogen) atoms. The van der Waals surface area contributed by atoms with Crippen LogP contribution in [0.1, 0.15) is 20.7 Å². The lowest BCUT2D eigenvalue weighted by Gasteiger charge is -2.14. The summed E-state index contributed by atoms with van der Waals surface area (Å²) in [6.07, 6.45) is 0. The fraction of sp³-hybridized carbons (Fsp3) is 0.105. The highest BCUT2D eigenvalue weighted by atomic mass is 16.5. The summed E-state index contributed by atoms with van der Waals surface area (Å²) in [6, 6.07) is 14.9. The molecule has 1 aliphatic rings. The van der Waals surface area contributed by atoms with Gasteiger partial charge in [0, 0.05) is 17.5 Å². The second-order valence-corrected chi connectivity index (χ2v) is 5.61. The summed E-state index contributed by atoms with van der Waals surface area (Å²) in [5.41, 5.74) is 0.821. The van der Waals surface area contributed by atoms with Crippen molar-refractivity contribution >= 4 is 22.8 Å². The first-order chi connectivity index (χ1) is 12.1. The summed E-state index contributed by atoms with van der Waals surface area (Å²) in [4.78, 5) is 37.0. The Labute approximate surface area is 142 Å². The fourth-order valence-corrected chi connectivity index (χ4v) is 2.83. The third kappa shape index (κ3) is 2.67. The summed E-state index contributed by atoms with van der Waals surface area (Å²) in [6.45, 7) is 0.289. The van der Waals surface area contributed by atoms with Gasteiger partial charge in [0.1, 0.15) is 17.9 Å². The maximum atomic E-state index is 12.3. The van der Waals surface area contributed by atoms with Gasteiger partial charge in [-0.3, -0.25) is 14.5 Å². The predicted molar refractivity (Wildman–Crippen MR) is 89.8 cm³/mol. The van der Waals surface area contributed by atoms with Crippen molar-refractivity contribution in [2.24, 2.45) is 0 Å². The van der Waals surface area contributed by atoms with Crippen LogP contribution in [0.5, 0.6) is 5.75 Å². The molecule has 0 radical (unpaired) electrons. The maximum Gasteiger partial charge on any atom is 0.336 e. The van der Waals surface area contributed by atoms with Gasteiger partial charge in [-0.05, 0) is 30.3 Å². The molecular weight excluding hydrogens is 322 g/mol. The molecule has 2 aromatic carbocycles. The number of nitrogens with zero attached hydrogens (tertiary/aromatic N) is 1. The molecule has 0 N–H and O–H groups in total. The molecule has 0 spiro atoms. The van der Waals surface area contributed by atoms with E-state index < -0.39 is 5.63 Å². The Hall–Kier alpha value is -3.41. The van der Waals surface area contributed by atoms with E-state index in [-0.39, 0.29) is 25.0 Å². The van der Waals surface area contributed by atoms with E-state index in [0.29, 0.717) is 22.5 Å². The Balaban J connectivity index is 1.46. The van der Waals surface area contributed by atoms with Gasteiger partial charge in [-0.2, -0.15) is 0 Å². The smallest absolute Gasteiger partial charge is 0.336 e. The molecule has 3 aromatic rings. The standard InChI is InChI=1S/C19H13NO5/c21-17-8-6-12-5-7-13(11-16(12)25-17)24-10-9-20-18(22)14-3-1-2-4-15(14)19(20)23/h1-8,11H,9-10H2. The van der Waals surface area contributed by atoms with Gasteiger partial charge in [0.15, 0.2) is 0 Å². The molecule has 1 aromatic heterocycles. The first-order valence-corrected chi connectivity index (χ1v) is 7.75. The molecule has 0 fully saturated rings. The quantitative estimate of drug-likeness (QED) is 0.541. The van der Waals surface area contributed by atoms with Gasteiger partial charge in [0.25, 0.3) is 11.8 Å².